The van der Waals surface area contributed by atoms with E-state index in [0.717, 1.165) is 0 Å². The molecule has 0 fully saturated rings. The number of benzene rings is 1. The molecule has 0 amide bonds. The van der Waals surface area contributed by atoms with E-state index in [0.29, 0.717) is 5.69 Å². The van der Waals surface area contributed by atoms with Crippen LogP contribution >= 0.6 is 11.6 Å². The second-order valence-corrected chi connectivity index (χ2v) is 3.95. The van der Waals surface area contributed by atoms with Gasteiger partial charge in [0.05, 0.1) is 22.9 Å². The van der Waals surface area contributed by atoms with E-state index in [1.165, 1.54) is 18.2 Å². The first-order chi connectivity index (χ1) is 8.79. The van der Waals surface area contributed by atoms with Crippen molar-refractivity contribution in [3.8, 4) is 0 Å². The van der Waals surface area contributed by atoms with Crippen LogP contribution in [0.5, 0.6) is 0 Å². The summed E-state index contributed by atoms with van der Waals surface area (Å²) >= 11 is 5.71. The quantitative estimate of drug-likeness (QED) is 0.515. The standard InChI is InChI=1S/C11H11ClF3NO3/c12-8-5-7(1-2-9(8)16)10(17)19-4-3-18-6-11(13,14)15/h1-2,5H,3-4,6,16H2. The molecule has 19 heavy (non-hydrogen) atoms. The first-order valence-corrected chi connectivity index (χ1v) is 5.54. The zero-order valence-electron chi connectivity index (χ0n) is 9.67. The Kier molecular flexibility index (Phi) is 5.44. The number of alkyl halides is 3. The van der Waals surface area contributed by atoms with E-state index in [4.69, 9.17) is 22.1 Å². The monoisotopic (exact) mass is 297 g/mol. The van der Waals surface area contributed by atoms with Gasteiger partial charge in [0.15, 0.2) is 0 Å². The van der Waals surface area contributed by atoms with Crippen molar-refractivity contribution < 1.29 is 27.4 Å². The van der Waals surface area contributed by atoms with Crippen molar-refractivity contribution in [3.63, 3.8) is 0 Å². The van der Waals surface area contributed by atoms with Gasteiger partial charge in [-0.1, -0.05) is 11.6 Å². The van der Waals surface area contributed by atoms with E-state index in [2.05, 4.69) is 4.74 Å². The highest BCUT2D eigenvalue weighted by molar-refractivity contribution is 6.33. The molecule has 4 nitrogen and oxygen atoms in total. The molecule has 8 heteroatoms. The molecule has 0 aliphatic heterocycles. The maximum atomic E-state index is 11.7. The highest BCUT2D eigenvalue weighted by atomic mass is 35.5. The van der Waals surface area contributed by atoms with Crippen LogP contribution in [-0.2, 0) is 9.47 Å². The molecule has 0 aliphatic carbocycles. The van der Waals surface area contributed by atoms with Gasteiger partial charge in [-0.2, -0.15) is 13.2 Å². The van der Waals surface area contributed by atoms with Crippen LogP contribution in [0.4, 0.5) is 18.9 Å². The lowest BCUT2D eigenvalue weighted by Gasteiger charge is -2.08. The molecular formula is C11H11ClF3NO3. The summed E-state index contributed by atoms with van der Waals surface area (Å²) in [5.41, 5.74) is 5.93. The molecule has 0 saturated carbocycles. The Labute approximate surface area is 112 Å². The van der Waals surface area contributed by atoms with Crippen LogP contribution < -0.4 is 5.73 Å². The third-order valence-corrected chi connectivity index (χ3v) is 2.29. The average molecular weight is 298 g/mol. The molecule has 0 bridgehead atoms. The van der Waals surface area contributed by atoms with Crippen LogP contribution in [0.3, 0.4) is 0 Å². The summed E-state index contributed by atoms with van der Waals surface area (Å²) in [5.74, 6) is -0.711. The van der Waals surface area contributed by atoms with Crippen LogP contribution in [0, 0.1) is 0 Å². The van der Waals surface area contributed by atoms with Crippen molar-refractivity contribution in [3.05, 3.63) is 28.8 Å². The molecule has 0 aromatic heterocycles. The number of carbonyl (C=O) groups is 1. The second-order valence-electron chi connectivity index (χ2n) is 3.54. The Balaban J connectivity index is 2.33. The van der Waals surface area contributed by atoms with Gasteiger partial charge in [0, 0.05) is 0 Å². The van der Waals surface area contributed by atoms with E-state index in [1.807, 2.05) is 0 Å². The Morgan fingerprint density at radius 2 is 2.00 bits per heavy atom. The SMILES string of the molecule is Nc1ccc(C(=O)OCCOCC(F)(F)F)cc1Cl. The molecule has 106 valence electrons. The van der Waals surface area contributed by atoms with Gasteiger partial charge < -0.3 is 15.2 Å². The number of nitrogens with two attached hydrogens (primary N) is 1. The average Bonchev–Trinajstić information content (AvgIpc) is 2.30. The number of nitrogen functional groups attached to an aromatic ring is 1. The Morgan fingerprint density at radius 1 is 1.32 bits per heavy atom. The van der Waals surface area contributed by atoms with Gasteiger partial charge in [-0.05, 0) is 18.2 Å². The molecule has 1 aromatic rings. The van der Waals surface area contributed by atoms with Gasteiger partial charge in [-0.25, -0.2) is 4.79 Å². The largest absolute Gasteiger partial charge is 0.460 e. The van der Waals surface area contributed by atoms with Crippen LogP contribution in [0.2, 0.25) is 5.02 Å². The molecule has 0 radical (unpaired) electrons. The van der Waals surface area contributed by atoms with Crippen molar-refractivity contribution in [1.29, 1.82) is 0 Å². The Bertz CT molecular complexity index is 451. The molecule has 1 rings (SSSR count). The summed E-state index contributed by atoms with van der Waals surface area (Å²) in [7, 11) is 0. The molecule has 0 spiro atoms. The van der Waals surface area contributed by atoms with Crippen LogP contribution in [-0.4, -0.2) is 32.0 Å². The third kappa shape index (κ3) is 5.80. The fourth-order valence-electron chi connectivity index (χ4n) is 1.12. The lowest BCUT2D eigenvalue weighted by molar-refractivity contribution is -0.175. The number of anilines is 1. The minimum atomic E-state index is -4.39. The number of hydrogen-bond acceptors (Lipinski definition) is 4. The van der Waals surface area contributed by atoms with Crippen LogP contribution in [0.15, 0.2) is 18.2 Å². The molecule has 0 aliphatic rings. The first-order valence-electron chi connectivity index (χ1n) is 5.16. The lowest BCUT2D eigenvalue weighted by Crippen LogP contribution is -2.19. The molecular weight excluding hydrogens is 287 g/mol. The van der Waals surface area contributed by atoms with Crippen molar-refractivity contribution in [2.45, 2.75) is 6.18 Å². The summed E-state index contributed by atoms with van der Waals surface area (Å²) < 4.78 is 44.2. The molecule has 0 atom stereocenters. The van der Waals surface area contributed by atoms with Gasteiger partial charge in [-0.3, -0.25) is 0 Å². The topological polar surface area (TPSA) is 61.6 Å². The number of hydrogen-bond donors (Lipinski definition) is 1. The van der Waals surface area contributed by atoms with Crippen molar-refractivity contribution in [2.75, 3.05) is 25.6 Å². The smallest absolute Gasteiger partial charge is 0.411 e. The zero-order valence-corrected chi connectivity index (χ0v) is 10.4. The Morgan fingerprint density at radius 3 is 2.58 bits per heavy atom. The predicted octanol–water partition coefficient (Wildman–Crippen LogP) is 2.66. The first kappa shape index (κ1) is 15.6. The number of halogens is 4. The highest BCUT2D eigenvalue weighted by Crippen LogP contribution is 2.20. The molecule has 1 aromatic carbocycles. The molecule has 0 unspecified atom stereocenters. The van der Waals surface area contributed by atoms with Gasteiger partial charge in [0.1, 0.15) is 13.2 Å². The van der Waals surface area contributed by atoms with Gasteiger partial charge in [0.2, 0.25) is 0 Å². The zero-order chi connectivity index (χ0) is 14.5. The minimum Gasteiger partial charge on any atom is -0.460 e. The minimum absolute atomic E-state index is 0.162. The second kappa shape index (κ2) is 6.63. The van der Waals surface area contributed by atoms with Gasteiger partial charge in [-0.15, -0.1) is 0 Å². The van der Waals surface area contributed by atoms with Crippen molar-refractivity contribution in [1.82, 2.24) is 0 Å². The summed E-state index contributed by atoms with van der Waals surface area (Å²) in [6.07, 6.45) is -4.39. The van der Waals surface area contributed by atoms with Crippen LogP contribution in [0.1, 0.15) is 10.4 Å². The fraction of sp³-hybridized carbons (Fsp3) is 0.364. The van der Waals surface area contributed by atoms with E-state index in [1.54, 1.807) is 0 Å². The van der Waals surface area contributed by atoms with Gasteiger partial charge >= 0.3 is 12.1 Å². The molecule has 0 heterocycles. The fourth-order valence-corrected chi connectivity index (χ4v) is 1.30. The number of ether oxygens (including phenoxy) is 2. The van der Waals surface area contributed by atoms with E-state index in [-0.39, 0.29) is 23.8 Å². The van der Waals surface area contributed by atoms with E-state index in [9.17, 15) is 18.0 Å². The van der Waals surface area contributed by atoms with E-state index < -0.39 is 18.8 Å². The van der Waals surface area contributed by atoms with Crippen molar-refractivity contribution >= 4 is 23.3 Å². The number of rotatable bonds is 5. The van der Waals surface area contributed by atoms with Crippen LogP contribution in [0.25, 0.3) is 0 Å². The summed E-state index contributed by atoms with van der Waals surface area (Å²) in [5, 5.41) is 0.197. The Hall–Kier alpha value is -1.47. The molecule has 0 saturated heterocycles. The number of carbonyl (C=O) groups excluding carboxylic acids is 1. The maximum Gasteiger partial charge on any atom is 0.411 e. The maximum absolute atomic E-state index is 11.7. The predicted molar refractivity (Wildman–Crippen MR) is 63.0 cm³/mol. The third-order valence-electron chi connectivity index (χ3n) is 1.96. The number of esters is 1. The summed E-state index contributed by atoms with van der Waals surface area (Å²) in [6.45, 7) is -2.00. The highest BCUT2D eigenvalue weighted by Gasteiger charge is 2.27. The summed E-state index contributed by atoms with van der Waals surface area (Å²) in [6, 6.07) is 4.15. The summed E-state index contributed by atoms with van der Waals surface area (Å²) in [4.78, 5) is 11.5. The molecule has 2 N–H and O–H groups in total. The van der Waals surface area contributed by atoms with Gasteiger partial charge in [0.25, 0.3) is 0 Å². The normalized spacial score (nSPS) is 11.4. The van der Waals surface area contributed by atoms with E-state index >= 15 is 0 Å². The lowest BCUT2D eigenvalue weighted by atomic mass is 10.2. The van der Waals surface area contributed by atoms with Crippen molar-refractivity contribution in [2.24, 2.45) is 0 Å².